The number of hydrogen-bond acceptors (Lipinski definition) is 4. The number of aromatic nitrogens is 3. The lowest BCUT2D eigenvalue weighted by Gasteiger charge is -2.07. The molecule has 7 heteroatoms. The molecule has 112 valence electrons. The summed E-state index contributed by atoms with van der Waals surface area (Å²) < 4.78 is 6.66. The Morgan fingerprint density at radius 3 is 2.95 bits per heavy atom. The van der Waals surface area contributed by atoms with Gasteiger partial charge in [0.15, 0.2) is 0 Å². The number of ether oxygens (including phenoxy) is 1. The van der Waals surface area contributed by atoms with E-state index in [4.69, 9.17) is 4.74 Å². The number of H-pyrrole nitrogens is 1. The first-order valence-electron chi connectivity index (χ1n) is 6.74. The van der Waals surface area contributed by atoms with Gasteiger partial charge < -0.3 is 15.0 Å². The topological polar surface area (TPSA) is 89.0 Å². The summed E-state index contributed by atoms with van der Waals surface area (Å²) in [6, 6.07) is 1.80. The number of carbonyl (C=O) groups is 2. The molecule has 7 nitrogen and oxygen atoms in total. The van der Waals surface area contributed by atoms with Crippen molar-refractivity contribution >= 4 is 17.6 Å². The highest BCUT2D eigenvalue weighted by atomic mass is 16.5. The predicted octanol–water partition coefficient (Wildman–Crippen LogP) is 1.73. The second-order valence-electron chi connectivity index (χ2n) is 4.49. The van der Waals surface area contributed by atoms with Crippen molar-refractivity contribution < 1.29 is 14.3 Å². The van der Waals surface area contributed by atoms with E-state index in [-0.39, 0.29) is 18.9 Å². The van der Waals surface area contributed by atoms with Crippen LogP contribution in [0.25, 0.3) is 0 Å². The van der Waals surface area contributed by atoms with Crippen molar-refractivity contribution in [3.63, 3.8) is 0 Å². The fourth-order valence-corrected chi connectivity index (χ4v) is 1.95. The van der Waals surface area contributed by atoms with Gasteiger partial charge in [0.25, 0.3) is 0 Å². The maximum Gasteiger partial charge on any atom is 0.342 e. The van der Waals surface area contributed by atoms with Gasteiger partial charge in [-0.25, -0.2) is 4.79 Å². The summed E-state index contributed by atoms with van der Waals surface area (Å²) in [6.07, 6.45) is 5.31. The summed E-state index contributed by atoms with van der Waals surface area (Å²) >= 11 is 0. The molecule has 0 unspecified atom stereocenters. The number of nitrogens with zero attached hydrogens (tertiary/aromatic N) is 2. The number of nitrogens with one attached hydrogen (secondary N) is 2. The highest BCUT2D eigenvalue weighted by Gasteiger charge is 2.18. The Bertz CT molecular complexity index is 616. The van der Waals surface area contributed by atoms with E-state index in [1.807, 2.05) is 0 Å². The lowest BCUT2D eigenvalue weighted by atomic mass is 10.2. The van der Waals surface area contributed by atoms with E-state index in [1.165, 1.54) is 0 Å². The molecule has 2 heterocycles. The zero-order valence-corrected chi connectivity index (χ0v) is 12.0. The van der Waals surface area contributed by atoms with Gasteiger partial charge in [0.05, 0.1) is 12.3 Å². The zero-order chi connectivity index (χ0) is 15.2. The minimum absolute atomic E-state index is 0.185. The SMILES string of the molecule is CCOC(=O)c1c(NC(=O)CCn2cccn2)c[nH]c1C. The van der Waals surface area contributed by atoms with Crippen molar-refractivity contribution in [1.29, 1.82) is 0 Å². The molecule has 2 aromatic rings. The normalized spacial score (nSPS) is 10.4. The molecule has 0 saturated carbocycles. The van der Waals surface area contributed by atoms with Crippen LogP contribution in [-0.2, 0) is 16.1 Å². The lowest BCUT2D eigenvalue weighted by molar-refractivity contribution is -0.116. The Hall–Kier alpha value is -2.57. The number of rotatable bonds is 6. The first-order valence-corrected chi connectivity index (χ1v) is 6.74. The fourth-order valence-electron chi connectivity index (χ4n) is 1.95. The number of aromatic amines is 1. The highest BCUT2D eigenvalue weighted by Crippen LogP contribution is 2.20. The van der Waals surface area contributed by atoms with Crippen LogP contribution in [-0.4, -0.2) is 33.2 Å². The molecule has 2 rings (SSSR count). The lowest BCUT2D eigenvalue weighted by Crippen LogP contribution is -2.17. The van der Waals surface area contributed by atoms with Gasteiger partial charge >= 0.3 is 5.97 Å². The molecule has 0 radical (unpaired) electrons. The molecule has 0 atom stereocenters. The van der Waals surface area contributed by atoms with E-state index in [1.54, 1.807) is 43.2 Å². The van der Waals surface area contributed by atoms with Gasteiger partial charge in [0.2, 0.25) is 5.91 Å². The van der Waals surface area contributed by atoms with Crippen LogP contribution in [0, 0.1) is 6.92 Å². The Morgan fingerprint density at radius 1 is 1.48 bits per heavy atom. The van der Waals surface area contributed by atoms with Crippen LogP contribution in [0.5, 0.6) is 0 Å². The molecule has 0 bridgehead atoms. The smallest absolute Gasteiger partial charge is 0.342 e. The van der Waals surface area contributed by atoms with Gasteiger partial charge in [-0.3, -0.25) is 9.48 Å². The van der Waals surface area contributed by atoms with Crippen molar-refractivity contribution in [2.45, 2.75) is 26.8 Å². The zero-order valence-electron chi connectivity index (χ0n) is 12.0. The molecular weight excluding hydrogens is 272 g/mol. The molecule has 0 aliphatic carbocycles. The monoisotopic (exact) mass is 290 g/mol. The van der Waals surface area contributed by atoms with E-state index in [9.17, 15) is 9.59 Å². The average molecular weight is 290 g/mol. The first-order chi connectivity index (χ1) is 10.1. The van der Waals surface area contributed by atoms with Crippen LogP contribution < -0.4 is 5.32 Å². The molecule has 0 aliphatic rings. The summed E-state index contributed by atoms with van der Waals surface area (Å²) in [5.74, 6) is -0.631. The largest absolute Gasteiger partial charge is 0.462 e. The van der Waals surface area contributed by atoms with Crippen LogP contribution in [0.15, 0.2) is 24.7 Å². The van der Waals surface area contributed by atoms with E-state index in [0.717, 1.165) is 0 Å². The molecule has 21 heavy (non-hydrogen) atoms. The molecule has 0 fully saturated rings. The third-order valence-electron chi connectivity index (χ3n) is 2.96. The molecule has 2 aromatic heterocycles. The average Bonchev–Trinajstić information content (AvgIpc) is 3.07. The molecular formula is C14H18N4O3. The standard InChI is InChI=1S/C14H18N4O3/c1-3-21-14(20)13-10(2)15-9-11(13)17-12(19)5-8-18-7-4-6-16-18/h4,6-7,9,15H,3,5,8H2,1-2H3,(H,17,19). The van der Waals surface area contributed by atoms with Crippen molar-refractivity contribution in [3.05, 3.63) is 35.9 Å². The van der Waals surface area contributed by atoms with Crippen molar-refractivity contribution in [3.8, 4) is 0 Å². The molecule has 1 amide bonds. The van der Waals surface area contributed by atoms with Crippen molar-refractivity contribution in [2.75, 3.05) is 11.9 Å². The van der Waals surface area contributed by atoms with Crippen LogP contribution in [0.4, 0.5) is 5.69 Å². The second kappa shape index (κ2) is 6.74. The van der Waals surface area contributed by atoms with Crippen LogP contribution in [0.1, 0.15) is 29.4 Å². The fraction of sp³-hybridized carbons (Fsp3) is 0.357. The highest BCUT2D eigenvalue weighted by molar-refractivity contribution is 6.02. The van der Waals surface area contributed by atoms with Crippen molar-refractivity contribution in [1.82, 2.24) is 14.8 Å². The third kappa shape index (κ3) is 3.71. The van der Waals surface area contributed by atoms with Gasteiger partial charge in [-0.05, 0) is 19.9 Å². The van der Waals surface area contributed by atoms with E-state index < -0.39 is 5.97 Å². The minimum atomic E-state index is -0.446. The quantitative estimate of drug-likeness (QED) is 0.793. The maximum atomic E-state index is 11.9. The van der Waals surface area contributed by atoms with Crippen LogP contribution in [0.2, 0.25) is 0 Å². The van der Waals surface area contributed by atoms with Crippen LogP contribution in [0.3, 0.4) is 0 Å². The van der Waals surface area contributed by atoms with Gasteiger partial charge in [0, 0.05) is 37.3 Å². The summed E-state index contributed by atoms with van der Waals surface area (Å²) in [7, 11) is 0. The van der Waals surface area contributed by atoms with Gasteiger partial charge in [-0.2, -0.15) is 5.10 Å². The Labute approximate surface area is 122 Å². The predicted molar refractivity (Wildman–Crippen MR) is 77.0 cm³/mol. The molecule has 0 saturated heterocycles. The second-order valence-corrected chi connectivity index (χ2v) is 4.49. The summed E-state index contributed by atoms with van der Waals surface area (Å²) in [5.41, 5.74) is 1.47. The Balaban J connectivity index is 1.99. The molecule has 2 N–H and O–H groups in total. The van der Waals surface area contributed by atoms with Gasteiger partial charge in [-0.15, -0.1) is 0 Å². The Kier molecular flexibility index (Phi) is 4.76. The number of anilines is 1. The molecule has 0 spiro atoms. The summed E-state index contributed by atoms with van der Waals surface area (Å²) in [4.78, 5) is 26.7. The van der Waals surface area contributed by atoms with Gasteiger partial charge in [-0.1, -0.05) is 0 Å². The molecule has 0 aromatic carbocycles. The maximum absolute atomic E-state index is 11.9. The Morgan fingerprint density at radius 2 is 2.29 bits per heavy atom. The van der Waals surface area contributed by atoms with E-state index in [0.29, 0.717) is 23.5 Å². The van der Waals surface area contributed by atoms with Gasteiger partial charge in [0.1, 0.15) is 5.56 Å². The van der Waals surface area contributed by atoms with E-state index >= 15 is 0 Å². The summed E-state index contributed by atoms with van der Waals surface area (Å²) in [5, 5.41) is 6.75. The molecule has 0 aliphatic heterocycles. The van der Waals surface area contributed by atoms with Crippen LogP contribution >= 0.6 is 0 Å². The first kappa shape index (κ1) is 14.8. The minimum Gasteiger partial charge on any atom is -0.462 e. The third-order valence-corrected chi connectivity index (χ3v) is 2.96. The number of hydrogen-bond donors (Lipinski definition) is 2. The number of carbonyl (C=O) groups excluding carboxylic acids is 2. The number of amides is 1. The van der Waals surface area contributed by atoms with E-state index in [2.05, 4.69) is 15.4 Å². The van der Waals surface area contributed by atoms with Crippen molar-refractivity contribution in [2.24, 2.45) is 0 Å². The summed E-state index contributed by atoms with van der Waals surface area (Å²) in [6.45, 7) is 4.26. The number of esters is 1. The number of aryl methyl sites for hydroxylation is 2.